The van der Waals surface area contributed by atoms with E-state index in [-0.39, 0.29) is 5.97 Å². The number of hydrogen-bond donors (Lipinski definition) is 0. The van der Waals surface area contributed by atoms with Crippen LogP contribution in [0.1, 0.15) is 23.1 Å². The third kappa shape index (κ3) is 5.54. The fourth-order valence-electron chi connectivity index (χ4n) is 3.63. The highest BCUT2D eigenvalue weighted by molar-refractivity contribution is 9.10. The maximum atomic E-state index is 12.3. The molecule has 2 aromatic carbocycles. The lowest BCUT2D eigenvalue weighted by atomic mass is 10.1. The van der Waals surface area contributed by atoms with Crippen molar-refractivity contribution < 1.29 is 18.7 Å². The van der Waals surface area contributed by atoms with Gasteiger partial charge in [0.15, 0.2) is 0 Å². The Labute approximate surface area is 201 Å². The van der Waals surface area contributed by atoms with Crippen molar-refractivity contribution in [3.05, 3.63) is 94.5 Å². The molecule has 2 aromatic heterocycles. The summed E-state index contributed by atoms with van der Waals surface area (Å²) in [6.45, 7) is 2.41. The minimum Gasteiger partial charge on any atom is -0.493 e. The van der Waals surface area contributed by atoms with Crippen LogP contribution in [0.3, 0.4) is 0 Å². The third-order valence-electron chi connectivity index (χ3n) is 5.41. The zero-order valence-electron chi connectivity index (χ0n) is 18.5. The zero-order chi connectivity index (χ0) is 23.2. The second-order valence-electron chi connectivity index (χ2n) is 7.61. The molecule has 0 amide bonds. The molecule has 0 saturated heterocycles. The number of benzene rings is 2. The monoisotopic (exact) mass is 508 g/mol. The summed E-state index contributed by atoms with van der Waals surface area (Å²) < 4.78 is 19.4. The summed E-state index contributed by atoms with van der Waals surface area (Å²) in [7, 11) is 1.41. The topological polar surface area (TPSA) is 66.5 Å². The van der Waals surface area contributed by atoms with Crippen molar-refractivity contribution in [3.63, 3.8) is 0 Å². The van der Waals surface area contributed by atoms with Crippen LogP contribution in [0.2, 0.25) is 0 Å². The lowest BCUT2D eigenvalue weighted by Crippen LogP contribution is -2.22. The molecule has 4 aromatic rings. The molecular weight excluding hydrogens is 484 g/mol. The molecule has 7 heteroatoms. The van der Waals surface area contributed by atoms with E-state index in [0.29, 0.717) is 25.3 Å². The van der Waals surface area contributed by atoms with Gasteiger partial charge in [-0.1, -0.05) is 30.3 Å². The molecule has 0 aliphatic rings. The number of carbonyl (C=O) groups is 1. The number of halogens is 1. The molecule has 0 radical (unpaired) electrons. The lowest BCUT2D eigenvalue weighted by Gasteiger charge is -2.18. The van der Waals surface area contributed by atoms with E-state index in [9.17, 15) is 4.79 Å². The summed E-state index contributed by atoms with van der Waals surface area (Å²) in [6.07, 6.45) is 3.02. The van der Waals surface area contributed by atoms with Crippen molar-refractivity contribution in [1.82, 2.24) is 9.55 Å². The van der Waals surface area contributed by atoms with Crippen molar-refractivity contribution in [1.29, 1.82) is 0 Å². The van der Waals surface area contributed by atoms with Gasteiger partial charge in [0.05, 0.1) is 24.0 Å². The Morgan fingerprint density at radius 2 is 1.85 bits per heavy atom. The molecule has 0 saturated carbocycles. The number of aromatic nitrogens is 2. The Balaban J connectivity index is 1.35. The van der Waals surface area contributed by atoms with Crippen molar-refractivity contribution in [3.8, 4) is 17.2 Å². The van der Waals surface area contributed by atoms with Crippen molar-refractivity contribution in [2.24, 2.45) is 0 Å². The van der Waals surface area contributed by atoms with Crippen LogP contribution in [-0.2, 0) is 22.4 Å². The fraction of sp³-hybridized carbons (Fsp3) is 0.231. The van der Waals surface area contributed by atoms with Gasteiger partial charge < -0.3 is 18.5 Å². The molecule has 170 valence electrons. The van der Waals surface area contributed by atoms with Crippen LogP contribution >= 0.6 is 15.9 Å². The molecule has 0 N–H and O–H groups in total. The fourth-order valence-corrected chi connectivity index (χ4v) is 4.15. The number of esters is 1. The van der Waals surface area contributed by atoms with Crippen LogP contribution < -0.4 is 4.74 Å². The number of methoxy groups -OCH3 is 1. The molecular formula is C26H25BrN2O4. The highest BCUT2D eigenvalue weighted by Gasteiger charge is 2.22. The standard InChI is InChI=1S/C26H25BrN2O4/c1-18-22(28-25(33-18)20-7-4-3-5-8-20)14-16-32-21-12-10-19(11-13-21)17-23(26(30)31-2)29-15-6-9-24(29)27/h3-13,15,23H,14,16-17H2,1-2H3/t23-/m0/s1. The Hall–Kier alpha value is -3.32. The molecule has 1 atom stereocenters. The zero-order valence-corrected chi connectivity index (χ0v) is 20.1. The van der Waals surface area contributed by atoms with Gasteiger partial charge in [0, 0.05) is 24.6 Å². The highest BCUT2D eigenvalue weighted by Crippen LogP contribution is 2.24. The van der Waals surface area contributed by atoms with E-state index in [4.69, 9.17) is 13.9 Å². The predicted molar refractivity (Wildman–Crippen MR) is 129 cm³/mol. The van der Waals surface area contributed by atoms with Crippen LogP contribution in [0.4, 0.5) is 0 Å². The molecule has 0 aliphatic heterocycles. The molecule has 0 aliphatic carbocycles. The summed E-state index contributed by atoms with van der Waals surface area (Å²) in [4.78, 5) is 16.9. The molecule has 0 unspecified atom stereocenters. The number of carbonyl (C=O) groups excluding carboxylic acids is 1. The Morgan fingerprint density at radius 3 is 2.52 bits per heavy atom. The largest absolute Gasteiger partial charge is 0.493 e. The molecule has 4 rings (SSSR count). The summed E-state index contributed by atoms with van der Waals surface area (Å²) in [5, 5.41) is 0. The number of ether oxygens (including phenoxy) is 2. The van der Waals surface area contributed by atoms with Crippen molar-refractivity contribution in [2.75, 3.05) is 13.7 Å². The molecule has 2 heterocycles. The smallest absolute Gasteiger partial charge is 0.329 e. The van der Waals surface area contributed by atoms with Crippen LogP contribution in [0.25, 0.3) is 11.5 Å². The van der Waals surface area contributed by atoms with E-state index in [2.05, 4.69) is 20.9 Å². The van der Waals surface area contributed by atoms with Gasteiger partial charge in [0.25, 0.3) is 0 Å². The number of hydrogen-bond acceptors (Lipinski definition) is 5. The minimum atomic E-state index is -0.444. The number of rotatable bonds is 9. The Morgan fingerprint density at radius 1 is 1.09 bits per heavy atom. The van der Waals surface area contributed by atoms with E-state index < -0.39 is 6.04 Å². The molecule has 0 spiro atoms. The molecule has 6 nitrogen and oxygen atoms in total. The summed E-state index contributed by atoms with van der Waals surface area (Å²) in [6, 6.07) is 21.0. The maximum Gasteiger partial charge on any atom is 0.329 e. The normalized spacial score (nSPS) is 11.8. The number of aryl methyl sites for hydroxylation is 1. The summed E-state index contributed by atoms with van der Waals surface area (Å²) in [5.74, 6) is 1.91. The molecule has 0 fully saturated rings. The van der Waals surface area contributed by atoms with E-state index in [1.807, 2.05) is 84.4 Å². The van der Waals surface area contributed by atoms with Gasteiger partial charge in [0.1, 0.15) is 17.6 Å². The van der Waals surface area contributed by atoms with Gasteiger partial charge in [-0.15, -0.1) is 0 Å². The average Bonchev–Trinajstić information content (AvgIpc) is 3.43. The van der Waals surface area contributed by atoms with Gasteiger partial charge in [-0.3, -0.25) is 0 Å². The first kappa shape index (κ1) is 22.9. The van der Waals surface area contributed by atoms with Crippen LogP contribution in [0.15, 0.2) is 81.9 Å². The minimum absolute atomic E-state index is 0.287. The first-order chi connectivity index (χ1) is 16.0. The van der Waals surface area contributed by atoms with Gasteiger partial charge >= 0.3 is 5.97 Å². The highest BCUT2D eigenvalue weighted by atomic mass is 79.9. The van der Waals surface area contributed by atoms with E-state index in [1.54, 1.807) is 0 Å². The molecule has 0 bridgehead atoms. The quantitative estimate of drug-likeness (QED) is 0.267. The van der Waals surface area contributed by atoms with E-state index >= 15 is 0 Å². The Bertz CT molecular complexity index is 1200. The number of nitrogens with zero attached hydrogens (tertiary/aromatic N) is 2. The van der Waals surface area contributed by atoms with Crippen molar-refractivity contribution in [2.45, 2.75) is 25.8 Å². The van der Waals surface area contributed by atoms with Crippen LogP contribution in [-0.4, -0.2) is 29.2 Å². The first-order valence-corrected chi connectivity index (χ1v) is 11.5. The second-order valence-corrected chi connectivity index (χ2v) is 8.42. The predicted octanol–water partition coefficient (Wildman–Crippen LogP) is 5.79. The van der Waals surface area contributed by atoms with Crippen LogP contribution in [0, 0.1) is 6.92 Å². The lowest BCUT2D eigenvalue weighted by molar-refractivity contribution is -0.144. The second kappa shape index (κ2) is 10.5. The first-order valence-electron chi connectivity index (χ1n) is 10.7. The van der Waals surface area contributed by atoms with Crippen molar-refractivity contribution >= 4 is 21.9 Å². The van der Waals surface area contributed by atoms with Crippen LogP contribution in [0.5, 0.6) is 5.75 Å². The third-order valence-corrected chi connectivity index (χ3v) is 6.08. The van der Waals surface area contributed by atoms with Gasteiger partial charge in [0.2, 0.25) is 5.89 Å². The molecule has 33 heavy (non-hydrogen) atoms. The summed E-state index contributed by atoms with van der Waals surface area (Å²) >= 11 is 3.48. The Kier molecular flexibility index (Phi) is 7.29. The van der Waals surface area contributed by atoms with Gasteiger partial charge in [-0.25, -0.2) is 9.78 Å². The SMILES string of the molecule is COC(=O)[C@H](Cc1ccc(OCCc2nc(-c3ccccc3)oc2C)cc1)n1cccc1Br. The van der Waals surface area contributed by atoms with E-state index in [0.717, 1.165) is 32.9 Å². The maximum absolute atomic E-state index is 12.3. The van der Waals surface area contributed by atoms with Gasteiger partial charge in [-0.05, 0) is 64.8 Å². The van der Waals surface area contributed by atoms with Gasteiger partial charge in [-0.2, -0.15) is 0 Å². The number of oxazole rings is 1. The summed E-state index contributed by atoms with van der Waals surface area (Å²) in [5.41, 5.74) is 2.86. The van der Waals surface area contributed by atoms with E-state index in [1.165, 1.54) is 7.11 Å². The average molecular weight is 509 g/mol.